The Labute approximate surface area is 53.3 Å². The molecule has 0 spiro atoms. The van der Waals surface area contributed by atoms with Crippen molar-refractivity contribution in [2.24, 2.45) is 0 Å². The number of carbonyl (C=O) groups is 2. The van der Waals surface area contributed by atoms with Crippen molar-refractivity contribution in [1.82, 2.24) is 0 Å². The Bertz CT molecular complexity index is 122. The van der Waals surface area contributed by atoms with E-state index >= 15 is 0 Å². The standard InChI is InChI=1S/C4H5BO4/c5-9-4(8)2-1-3(6)7/h1-2H2,(H,6,7). The van der Waals surface area contributed by atoms with Gasteiger partial charge in [0.05, 0.1) is 12.8 Å². The molecule has 0 bridgehead atoms. The quantitative estimate of drug-likeness (QED) is 0.519. The van der Waals surface area contributed by atoms with Crippen molar-refractivity contribution in [3.05, 3.63) is 0 Å². The van der Waals surface area contributed by atoms with Crippen molar-refractivity contribution in [2.45, 2.75) is 12.8 Å². The molecule has 48 valence electrons. The zero-order valence-electron chi connectivity index (χ0n) is 4.66. The van der Waals surface area contributed by atoms with Crippen LogP contribution in [0.2, 0.25) is 0 Å². The molecule has 9 heavy (non-hydrogen) atoms. The molecule has 0 heterocycles. The fraction of sp³-hybridized carbons (Fsp3) is 0.500. The zero-order chi connectivity index (χ0) is 7.28. The summed E-state index contributed by atoms with van der Waals surface area (Å²) in [5, 5.41) is 8.01. The number of carbonyl (C=O) groups excluding carboxylic acids is 1. The van der Waals surface area contributed by atoms with E-state index < -0.39 is 11.9 Å². The first kappa shape index (κ1) is 8.00. The van der Waals surface area contributed by atoms with E-state index in [1.165, 1.54) is 0 Å². The van der Waals surface area contributed by atoms with Crippen LogP contribution in [0.1, 0.15) is 12.8 Å². The zero-order valence-corrected chi connectivity index (χ0v) is 4.66. The Balaban J connectivity index is 3.28. The van der Waals surface area contributed by atoms with Gasteiger partial charge in [-0.25, -0.2) is 0 Å². The lowest BCUT2D eigenvalue weighted by Crippen LogP contribution is -2.04. The summed E-state index contributed by atoms with van der Waals surface area (Å²) in [6, 6.07) is 0. The molecule has 0 amide bonds. The van der Waals surface area contributed by atoms with Gasteiger partial charge in [-0.05, 0) is 0 Å². The summed E-state index contributed by atoms with van der Waals surface area (Å²) in [5.74, 6) is -1.75. The smallest absolute Gasteiger partial charge is 0.378 e. The molecule has 0 aromatic heterocycles. The van der Waals surface area contributed by atoms with E-state index in [9.17, 15) is 9.59 Å². The van der Waals surface area contributed by atoms with Crippen molar-refractivity contribution in [3.63, 3.8) is 0 Å². The van der Waals surface area contributed by atoms with Gasteiger partial charge in [0.1, 0.15) is 0 Å². The predicted octanol–water partition coefficient (Wildman–Crippen LogP) is -0.522. The summed E-state index contributed by atoms with van der Waals surface area (Å²) in [5.41, 5.74) is 0. The molecule has 0 unspecified atom stereocenters. The third kappa shape index (κ3) is 4.87. The molecule has 0 fully saturated rings. The van der Waals surface area contributed by atoms with Gasteiger partial charge < -0.3 is 9.76 Å². The lowest BCUT2D eigenvalue weighted by atomic mass is 10.3. The summed E-state index contributed by atoms with van der Waals surface area (Å²) < 4.78 is 3.70. The fourth-order valence-corrected chi connectivity index (χ4v) is 0.268. The van der Waals surface area contributed by atoms with E-state index in [0.29, 0.717) is 0 Å². The van der Waals surface area contributed by atoms with Crippen LogP contribution in [-0.4, -0.2) is 25.1 Å². The largest absolute Gasteiger partial charge is 0.543 e. The minimum atomic E-state index is -1.04. The Morgan fingerprint density at radius 3 is 2.33 bits per heavy atom. The summed E-state index contributed by atoms with van der Waals surface area (Å²) in [6.45, 7) is 0. The van der Waals surface area contributed by atoms with Crippen molar-refractivity contribution in [3.8, 4) is 0 Å². The van der Waals surface area contributed by atoms with Gasteiger partial charge >= 0.3 is 14.0 Å². The van der Waals surface area contributed by atoms with E-state index in [-0.39, 0.29) is 12.8 Å². The van der Waals surface area contributed by atoms with E-state index in [2.05, 4.69) is 12.7 Å². The van der Waals surface area contributed by atoms with Gasteiger partial charge in [-0.1, -0.05) is 0 Å². The summed E-state index contributed by atoms with van der Waals surface area (Å²) >= 11 is 0. The number of aliphatic carboxylic acids is 1. The highest BCUT2D eigenvalue weighted by Gasteiger charge is 2.02. The van der Waals surface area contributed by atoms with Crippen LogP contribution in [0, 0.1) is 0 Å². The number of hydrogen-bond donors (Lipinski definition) is 1. The molecule has 0 saturated heterocycles. The molecule has 0 atom stereocenters. The molecule has 0 aliphatic rings. The van der Waals surface area contributed by atoms with E-state index in [1.54, 1.807) is 0 Å². The number of carboxylic acid groups (broad SMARTS) is 1. The SMILES string of the molecule is [B]OC(=O)CCC(=O)O. The molecular weight excluding hydrogens is 123 g/mol. The second kappa shape index (κ2) is 3.94. The minimum absolute atomic E-state index is 0.175. The lowest BCUT2D eigenvalue weighted by Gasteiger charge is -1.93. The highest BCUT2D eigenvalue weighted by atomic mass is 16.5. The average Bonchev–Trinajstić information content (AvgIpc) is 1.83. The molecule has 1 N–H and O–H groups in total. The van der Waals surface area contributed by atoms with Gasteiger partial charge in [0.2, 0.25) is 0 Å². The van der Waals surface area contributed by atoms with Crippen LogP contribution in [0.25, 0.3) is 0 Å². The van der Waals surface area contributed by atoms with Gasteiger partial charge in [0, 0.05) is 0 Å². The van der Waals surface area contributed by atoms with Crippen LogP contribution in [0.3, 0.4) is 0 Å². The normalized spacial score (nSPS) is 8.44. The molecule has 0 aliphatic carbocycles. The Morgan fingerprint density at radius 1 is 1.44 bits per heavy atom. The molecule has 0 aromatic rings. The Morgan fingerprint density at radius 2 is 2.00 bits per heavy atom. The van der Waals surface area contributed by atoms with E-state index in [1.807, 2.05) is 0 Å². The van der Waals surface area contributed by atoms with Gasteiger partial charge in [-0.3, -0.25) is 9.59 Å². The third-order valence-electron chi connectivity index (χ3n) is 0.674. The Kier molecular flexibility index (Phi) is 3.51. The second-order valence-electron chi connectivity index (χ2n) is 1.38. The first-order valence-electron chi connectivity index (χ1n) is 2.28. The van der Waals surface area contributed by atoms with Crippen LogP contribution in [0.15, 0.2) is 0 Å². The summed E-state index contributed by atoms with van der Waals surface area (Å²) in [6.07, 6.45) is -0.415. The van der Waals surface area contributed by atoms with Crippen LogP contribution in [-0.2, 0) is 14.2 Å². The van der Waals surface area contributed by atoms with Crippen LogP contribution < -0.4 is 0 Å². The molecule has 0 aromatic carbocycles. The molecular formula is C4H5BO4. The molecule has 5 heteroatoms. The molecule has 0 saturated carbocycles. The minimum Gasteiger partial charge on any atom is -0.543 e. The highest BCUT2D eigenvalue weighted by Crippen LogP contribution is 1.89. The maximum Gasteiger partial charge on any atom is 0.378 e. The van der Waals surface area contributed by atoms with E-state index in [0.717, 1.165) is 0 Å². The van der Waals surface area contributed by atoms with Crippen LogP contribution in [0.4, 0.5) is 0 Å². The molecule has 2 radical (unpaired) electrons. The molecule has 4 nitrogen and oxygen atoms in total. The van der Waals surface area contributed by atoms with Crippen molar-refractivity contribution >= 4 is 20.0 Å². The van der Waals surface area contributed by atoms with Gasteiger partial charge in [0.15, 0.2) is 0 Å². The van der Waals surface area contributed by atoms with Crippen LogP contribution >= 0.6 is 0 Å². The monoisotopic (exact) mass is 128 g/mol. The van der Waals surface area contributed by atoms with Gasteiger partial charge in [0.25, 0.3) is 5.97 Å². The number of hydrogen-bond acceptors (Lipinski definition) is 3. The maximum atomic E-state index is 10.1. The Hall–Kier alpha value is -0.995. The van der Waals surface area contributed by atoms with Crippen LogP contribution in [0.5, 0.6) is 0 Å². The van der Waals surface area contributed by atoms with Gasteiger partial charge in [-0.15, -0.1) is 0 Å². The fourth-order valence-electron chi connectivity index (χ4n) is 0.268. The first-order chi connectivity index (χ1) is 4.16. The topological polar surface area (TPSA) is 63.6 Å². The number of carboxylic acids is 1. The predicted molar refractivity (Wildman–Crippen MR) is 28.7 cm³/mol. The summed E-state index contributed by atoms with van der Waals surface area (Å²) in [7, 11) is 4.42. The maximum absolute atomic E-state index is 10.1. The number of rotatable bonds is 3. The second-order valence-corrected chi connectivity index (χ2v) is 1.38. The summed E-state index contributed by atoms with van der Waals surface area (Å²) in [4.78, 5) is 19.9. The van der Waals surface area contributed by atoms with Crippen molar-refractivity contribution in [2.75, 3.05) is 0 Å². The lowest BCUT2D eigenvalue weighted by molar-refractivity contribution is -0.142. The molecule has 0 aliphatic heterocycles. The van der Waals surface area contributed by atoms with Gasteiger partial charge in [-0.2, -0.15) is 0 Å². The van der Waals surface area contributed by atoms with Crippen molar-refractivity contribution in [1.29, 1.82) is 0 Å². The highest BCUT2D eigenvalue weighted by molar-refractivity contribution is 6.05. The van der Waals surface area contributed by atoms with Crippen molar-refractivity contribution < 1.29 is 19.3 Å². The molecule has 0 rings (SSSR count). The first-order valence-corrected chi connectivity index (χ1v) is 2.28. The van der Waals surface area contributed by atoms with E-state index in [4.69, 9.17) is 5.11 Å². The average molecular weight is 128 g/mol. The third-order valence-corrected chi connectivity index (χ3v) is 0.674.